The zero-order valence-corrected chi connectivity index (χ0v) is 7.52. The maximum atomic E-state index is 3.24. The first kappa shape index (κ1) is 9.88. The first-order valence-corrected chi connectivity index (χ1v) is 3.90. The van der Waals surface area contributed by atoms with E-state index < -0.39 is 0 Å². The molecule has 0 aromatic rings. The van der Waals surface area contributed by atoms with Crippen LogP contribution in [-0.2, 0) is 0 Å². The Bertz CT molecular complexity index is 67.3. The monoisotopic (exact) mass is 145 g/mol. The van der Waals surface area contributed by atoms with Crippen molar-refractivity contribution in [3.8, 4) is 0 Å². The Labute approximate surface area is 63.9 Å². The molecule has 3 heteroatoms. The van der Waals surface area contributed by atoms with Gasteiger partial charge in [-0.05, 0) is 6.42 Å². The summed E-state index contributed by atoms with van der Waals surface area (Å²) >= 11 is 0. The average molecular weight is 145 g/mol. The molecular weight excluding hydrogens is 126 g/mol. The summed E-state index contributed by atoms with van der Waals surface area (Å²) in [6, 6.07) is 0. The van der Waals surface area contributed by atoms with Gasteiger partial charge in [0.1, 0.15) is 0 Å². The van der Waals surface area contributed by atoms with Crippen molar-refractivity contribution in [1.29, 1.82) is 0 Å². The first-order chi connectivity index (χ1) is 4.72. The molecule has 0 amide bonds. The van der Waals surface area contributed by atoms with E-state index in [4.69, 9.17) is 0 Å². The number of hydrazine groups is 2. The summed E-state index contributed by atoms with van der Waals surface area (Å²) in [6.45, 7) is 6.33. The van der Waals surface area contributed by atoms with Crippen molar-refractivity contribution in [3.05, 3.63) is 0 Å². The molecule has 0 saturated heterocycles. The van der Waals surface area contributed by atoms with Gasteiger partial charge in [0.05, 0.1) is 0 Å². The maximum Gasteiger partial charge on any atom is 0.0287 e. The topological polar surface area (TPSA) is 18.5 Å². The molecule has 0 spiro atoms. The van der Waals surface area contributed by atoms with Gasteiger partial charge in [0.25, 0.3) is 0 Å². The van der Waals surface area contributed by atoms with E-state index in [1.807, 2.05) is 14.1 Å². The Morgan fingerprint density at radius 3 is 2.10 bits per heavy atom. The van der Waals surface area contributed by atoms with Crippen LogP contribution < -0.4 is 5.43 Å². The van der Waals surface area contributed by atoms with Crippen LogP contribution in [0.25, 0.3) is 0 Å². The average Bonchev–Trinajstić information content (AvgIpc) is 1.87. The molecule has 62 valence electrons. The Hall–Kier alpha value is -0.120. The van der Waals surface area contributed by atoms with E-state index in [-0.39, 0.29) is 0 Å². The van der Waals surface area contributed by atoms with E-state index in [9.17, 15) is 0 Å². The van der Waals surface area contributed by atoms with E-state index in [1.165, 1.54) is 6.42 Å². The highest BCUT2D eigenvalue weighted by Crippen LogP contribution is 1.87. The molecule has 3 nitrogen and oxygen atoms in total. The van der Waals surface area contributed by atoms with E-state index in [2.05, 4.69) is 29.4 Å². The number of hydrogen-bond donors (Lipinski definition) is 1. The van der Waals surface area contributed by atoms with Crippen molar-refractivity contribution < 1.29 is 0 Å². The molecule has 0 rings (SSSR count). The van der Waals surface area contributed by atoms with Crippen molar-refractivity contribution in [2.45, 2.75) is 20.3 Å². The Morgan fingerprint density at radius 1 is 1.20 bits per heavy atom. The second kappa shape index (κ2) is 5.65. The number of rotatable bonds is 5. The fraction of sp³-hybridized carbons (Fsp3) is 1.00. The lowest BCUT2D eigenvalue weighted by atomic mass is 10.5. The fourth-order valence-electron chi connectivity index (χ4n) is 0.815. The first-order valence-electron chi connectivity index (χ1n) is 3.90. The normalized spacial score (nSPS) is 11.4. The fourth-order valence-corrected chi connectivity index (χ4v) is 0.815. The molecule has 0 bridgehead atoms. The van der Waals surface area contributed by atoms with E-state index >= 15 is 0 Å². The van der Waals surface area contributed by atoms with E-state index in [0.29, 0.717) is 0 Å². The largest absolute Gasteiger partial charge is 0.242 e. The highest BCUT2D eigenvalue weighted by Gasteiger charge is 2.01. The summed E-state index contributed by atoms with van der Waals surface area (Å²) in [5, 5.41) is 4.17. The van der Waals surface area contributed by atoms with Crippen LogP contribution in [0.1, 0.15) is 20.3 Å². The molecule has 0 radical (unpaired) electrons. The summed E-state index contributed by atoms with van der Waals surface area (Å²) in [5.74, 6) is 0. The molecule has 0 fully saturated rings. The second-order valence-corrected chi connectivity index (χ2v) is 2.48. The Kier molecular flexibility index (Phi) is 5.58. The SMILES string of the molecule is CCCN(NCC)N(C)C. The highest BCUT2D eigenvalue weighted by molar-refractivity contribution is 4.41. The van der Waals surface area contributed by atoms with Gasteiger partial charge in [-0.15, -0.1) is 0 Å². The van der Waals surface area contributed by atoms with Gasteiger partial charge in [0.2, 0.25) is 0 Å². The molecule has 0 unspecified atom stereocenters. The minimum Gasteiger partial charge on any atom is -0.242 e. The van der Waals surface area contributed by atoms with Gasteiger partial charge in [0, 0.05) is 27.2 Å². The zero-order chi connectivity index (χ0) is 7.98. The Balaban J connectivity index is 3.50. The molecule has 0 aliphatic carbocycles. The van der Waals surface area contributed by atoms with Gasteiger partial charge >= 0.3 is 0 Å². The lowest BCUT2D eigenvalue weighted by molar-refractivity contribution is -0.0261. The van der Waals surface area contributed by atoms with Gasteiger partial charge in [-0.3, -0.25) is 0 Å². The third kappa shape index (κ3) is 3.82. The third-order valence-corrected chi connectivity index (χ3v) is 1.26. The second-order valence-electron chi connectivity index (χ2n) is 2.48. The summed E-state index contributed by atoms with van der Waals surface area (Å²) in [5.41, 5.74) is 3.24. The number of nitrogens with one attached hydrogen (secondary N) is 1. The number of nitrogens with zero attached hydrogens (tertiary/aromatic N) is 2. The molecule has 0 aromatic carbocycles. The van der Waals surface area contributed by atoms with Gasteiger partial charge in [-0.2, -0.15) is 5.12 Å². The lowest BCUT2D eigenvalue weighted by Crippen LogP contribution is -2.47. The lowest BCUT2D eigenvalue weighted by Gasteiger charge is -2.28. The molecule has 10 heavy (non-hydrogen) atoms. The molecule has 1 N–H and O–H groups in total. The third-order valence-electron chi connectivity index (χ3n) is 1.26. The molecule has 0 aliphatic rings. The van der Waals surface area contributed by atoms with Crippen LogP contribution in [0.4, 0.5) is 0 Å². The maximum absolute atomic E-state index is 3.24. The van der Waals surface area contributed by atoms with Crippen LogP contribution in [-0.4, -0.2) is 37.3 Å². The van der Waals surface area contributed by atoms with E-state index in [1.54, 1.807) is 0 Å². The molecule has 0 heterocycles. The molecule has 0 atom stereocenters. The van der Waals surface area contributed by atoms with Crippen molar-refractivity contribution in [2.24, 2.45) is 0 Å². The standard InChI is InChI=1S/C7H19N3/c1-5-7-10(8-6-2)9(3)4/h8H,5-7H2,1-4H3. The zero-order valence-electron chi connectivity index (χ0n) is 7.52. The predicted molar refractivity (Wildman–Crippen MR) is 44.4 cm³/mol. The van der Waals surface area contributed by atoms with Crippen molar-refractivity contribution in [3.63, 3.8) is 0 Å². The number of hydrogen-bond acceptors (Lipinski definition) is 3. The predicted octanol–water partition coefficient (Wildman–Crippen LogP) is 0.699. The van der Waals surface area contributed by atoms with E-state index in [0.717, 1.165) is 13.1 Å². The smallest absolute Gasteiger partial charge is 0.0287 e. The minimum atomic E-state index is 0.984. The van der Waals surface area contributed by atoms with Crippen molar-refractivity contribution in [2.75, 3.05) is 27.2 Å². The quantitative estimate of drug-likeness (QED) is 0.574. The summed E-state index contributed by atoms with van der Waals surface area (Å²) < 4.78 is 0. The summed E-state index contributed by atoms with van der Waals surface area (Å²) in [7, 11) is 4.08. The Morgan fingerprint density at radius 2 is 1.80 bits per heavy atom. The van der Waals surface area contributed by atoms with Gasteiger partial charge < -0.3 is 0 Å². The van der Waals surface area contributed by atoms with Crippen molar-refractivity contribution in [1.82, 2.24) is 15.6 Å². The summed E-state index contributed by atoms with van der Waals surface area (Å²) in [4.78, 5) is 0. The molecule has 0 aromatic heterocycles. The van der Waals surface area contributed by atoms with Crippen LogP contribution in [0.15, 0.2) is 0 Å². The van der Waals surface area contributed by atoms with Gasteiger partial charge in [-0.25, -0.2) is 10.4 Å². The minimum absolute atomic E-state index is 0.984. The van der Waals surface area contributed by atoms with Gasteiger partial charge in [0.15, 0.2) is 0 Å². The molecule has 0 saturated carbocycles. The van der Waals surface area contributed by atoms with Crippen molar-refractivity contribution >= 4 is 0 Å². The van der Waals surface area contributed by atoms with Crippen LogP contribution >= 0.6 is 0 Å². The van der Waals surface area contributed by atoms with Crippen LogP contribution in [0, 0.1) is 0 Å². The summed E-state index contributed by atoms with van der Waals surface area (Å²) in [6.07, 6.45) is 1.17. The van der Waals surface area contributed by atoms with Crippen LogP contribution in [0.5, 0.6) is 0 Å². The van der Waals surface area contributed by atoms with Gasteiger partial charge in [-0.1, -0.05) is 13.8 Å². The molecular formula is C7H19N3. The highest BCUT2D eigenvalue weighted by atomic mass is 15.8. The van der Waals surface area contributed by atoms with Crippen LogP contribution in [0.2, 0.25) is 0 Å². The molecule has 0 aliphatic heterocycles. The van der Waals surface area contributed by atoms with Crippen LogP contribution in [0.3, 0.4) is 0 Å².